The highest BCUT2D eigenvalue weighted by molar-refractivity contribution is 6.30. The summed E-state index contributed by atoms with van der Waals surface area (Å²) in [6.45, 7) is 5.70. The van der Waals surface area contributed by atoms with Gasteiger partial charge in [0, 0.05) is 24.0 Å². The first kappa shape index (κ1) is 14.2. The summed E-state index contributed by atoms with van der Waals surface area (Å²) >= 11 is 6.04. The molecule has 1 aromatic rings. The Labute approximate surface area is 126 Å². The van der Waals surface area contributed by atoms with Gasteiger partial charge in [-0.2, -0.15) is 0 Å². The predicted octanol–water partition coefficient (Wildman–Crippen LogP) is 4.20. The van der Waals surface area contributed by atoms with Gasteiger partial charge in [-0.3, -0.25) is 0 Å². The van der Waals surface area contributed by atoms with Gasteiger partial charge in [-0.15, -0.1) is 0 Å². The molecule has 0 amide bonds. The molecule has 1 aromatic carbocycles. The third kappa shape index (κ3) is 2.96. The van der Waals surface area contributed by atoms with Crippen molar-refractivity contribution in [1.82, 2.24) is 5.32 Å². The standard InChI is InChI=1S/C17H24ClNO/c1-17(2)8-4-3-5-16(17)19-11-14-10-12-9-13(18)6-7-15(12)20-14/h6-7,9,14,16,19H,3-5,8,10-11H2,1-2H3. The van der Waals surface area contributed by atoms with Crippen LogP contribution in [0.2, 0.25) is 5.02 Å². The molecular formula is C17H24ClNO. The molecule has 1 saturated carbocycles. The summed E-state index contributed by atoms with van der Waals surface area (Å²) in [5, 5.41) is 4.55. The zero-order valence-electron chi connectivity index (χ0n) is 12.4. The second-order valence-corrected chi connectivity index (χ2v) is 7.33. The third-order valence-electron chi connectivity index (χ3n) is 4.86. The molecule has 0 radical (unpaired) electrons. The first-order valence-corrected chi connectivity index (χ1v) is 8.11. The normalized spacial score (nSPS) is 27.9. The number of benzene rings is 1. The zero-order valence-corrected chi connectivity index (χ0v) is 13.2. The number of nitrogens with one attached hydrogen (secondary N) is 1. The van der Waals surface area contributed by atoms with Gasteiger partial charge >= 0.3 is 0 Å². The molecule has 0 spiro atoms. The Bertz CT molecular complexity index is 486. The largest absolute Gasteiger partial charge is 0.488 e. The van der Waals surface area contributed by atoms with Crippen molar-refractivity contribution in [3.63, 3.8) is 0 Å². The second-order valence-electron chi connectivity index (χ2n) is 6.89. The maximum absolute atomic E-state index is 6.04. The monoisotopic (exact) mass is 293 g/mol. The van der Waals surface area contributed by atoms with Crippen LogP contribution in [0.1, 0.15) is 45.1 Å². The van der Waals surface area contributed by atoms with Crippen molar-refractivity contribution in [3.05, 3.63) is 28.8 Å². The predicted molar refractivity (Wildman–Crippen MR) is 83.6 cm³/mol. The maximum Gasteiger partial charge on any atom is 0.123 e. The minimum Gasteiger partial charge on any atom is -0.488 e. The van der Waals surface area contributed by atoms with Crippen LogP contribution in [0.15, 0.2) is 18.2 Å². The topological polar surface area (TPSA) is 21.3 Å². The highest BCUT2D eigenvalue weighted by Gasteiger charge is 2.33. The van der Waals surface area contributed by atoms with Gasteiger partial charge in [-0.25, -0.2) is 0 Å². The Morgan fingerprint density at radius 3 is 3.00 bits per heavy atom. The molecule has 1 N–H and O–H groups in total. The van der Waals surface area contributed by atoms with Crippen LogP contribution in [0.4, 0.5) is 0 Å². The highest BCUT2D eigenvalue weighted by atomic mass is 35.5. The highest BCUT2D eigenvalue weighted by Crippen LogP contribution is 2.36. The van der Waals surface area contributed by atoms with E-state index in [0.717, 1.165) is 23.7 Å². The number of rotatable bonds is 3. The first-order valence-electron chi connectivity index (χ1n) is 7.73. The molecular weight excluding hydrogens is 270 g/mol. The Hall–Kier alpha value is -0.730. The molecule has 1 heterocycles. The zero-order chi connectivity index (χ0) is 14.2. The lowest BCUT2D eigenvalue weighted by atomic mass is 9.73. The van der Waals surface area contributed by atoms with Crippen molar-refractivity contribution in [1.29, 1.82) is 0 Å². The Balaban J connectivity index is 1.56. The number of hydrogen-bond donors (Lipinski definition) is 1. The van der Waals surface area contributed by atoms with Gasteiger partial charge in [0.25, 0.3) is 0 Å². The summed E-state index contributed by atoms with van der Waals surface area (Å²) in [7, 11) is 0. The number of hydrogen-bond acceptors (Lipinski definition) is 2. The number of halogens is 1. The van der Waals surface area contributed by atoms with Crippen LogP contribution < -0.4 is 10.1 Å². The van der Waals surface area contributed by atoms with Gasteiger partial charge in [-0.1, -0.05) is 38.3 Å². The first-order chi connectivity index (χ1) is 9.54. The van der Waals surface area contributed by atoms with Crippen molar-refractivity contribution in [2.24, 2.45) is 5.41 Å². The van der Waals surface area contributed by atoms with E-state index in [-0.39, 0.29) is 6.10 Å². The minimum absolute atomic E-state index is 0.251. The van der Waals surface area contributed by atoms with Crippen molar-refractivity contribution in [2.75, 3.05) is 6.54 Å². The van der Waals surface area contributed by atoms with Crippen molar-refractivity contribution in [3.8, 4) is 5.75 Å². The Morgan fingerprint density at radius 2 is 2.20 bits per heavy atom. The summed E-state index contributed by atoms with van der Waals surface area (Å²) in [6, 6.07) is 6.54. The molecule has 0 saturated heterocycles. The lowest BCUT2D eigenvalue weighted by Crippen LogP contribution is -2.47. The van der Waals surface area contributed by atoms with E-state index < -0.39 is 0 Å². The molecule has 2 atom stereocenters. The fourth-order valence-electron chi connectivity index (χ4n) is 3.55. The van der Waals surface area contributed by atoms with Gasteiger partial charge in [-0.05, 0) is 42.0 Å². The smallest absolute Gasteiger partial charge is 0.123 e. The van der Waals surface area contributed by atoms with E-state index in [1.165, 1.54) is 31.2 Å². The van der Waals surface area contributed by atoms with Gasteiger partial charge in [0.1, 0.15) is 11.9 Å². The van der Waals surface area contributed by atoms with Crippen LogP contribution >= 0.6 is 11.6 Å². The fourth-order valence-corrected chi connectivity index (χ4v) is 3.74. The summed E-state index contributed by atoms with van der Waals surface area (Å²) in [6.07, 6.45) is 6.55. The lowest BCUT2D eigenvalue weighted by molar-refractivity contribution is 0.145. The van der Waals surface area contributed by atoms with Crippen molar-refractivity contribution < 1.29 is 4.74 Å². The molecule has 110 valence electrons. The van der Waals surface area contributed by atoms with E-state index in [2.05, 4.69) is 19.2 Å². The lowest BCUT2D eigenvalue weighted by Gasteiger charge is -2.39. The molecule has 1 aliphatic heterocycles. The van der Waals surface area contributed by atoms with Gasteiger partial charge in [0.15, 0.2) is 0 Å². The van der Waals surface area contributed by atoms with Gasteiger partial charge < -0.3 is 10.1 Å². The maximum atomic E-state index is 6.04. The van der Waals surface area contributed by atoms with Crippen molar-refractivity contribution in [2.45, 2.75) is 58.1 Å². The molecule has 3 rings (SSSR count). The molecule has 2 unspecified atom stereocenters. The van der Waals surface area contributed by atoms with E-state index >= 15 is 0 Å². The quantitative estimate of drug-likeness (QED) is 0.902. The average Bonchev–Trinajstić information content (AvgIpc) is 2.79. The van der Waals surface area contributed by atoms with Crippen LogP contribution in [0.5, 0.6) is 5.75 Å². The van der Waals surface area contributed by atoms with Crippen LogP contribution in [0.25, 0.3) is 0 Å². The van der Waals surface area contributed by atoms with Crippen LogP contribution in [-0.4, -0.2) is 18.7 Å². The van der Waals surface area contributed by atoms with Gasteiger partial charge in [0.2, 0.25) is 0 Å². The van der Waals surface area contributed by atoms with Gasteiger partial charge in [0.05, 0.1) is 0 Å². The summed E-state index contributed by atoms with van der Waals surface area (Å²) in [5.41, 5.74) is 1.65. The van der Waals surface area contributed by atoms with E-state index in [4.69, 9.17) is 16.3 Å². The SMILES string of the molecule is CC1(C)CCCCC1NCC1Cc2cc(Cl)ccc2O1. The summed E-state index contributed by atoms with van der Waals surface area (Å²) in [5.74, 6) is 1.00. The van der Waals surface area contributed by atoms with E-state index in [1.807, 2.05) is 18.2 Å². The molecule has 2 nitrogen and oxygen atoms in total. The molecule has 1 aliphatic carbocycles. The van der Waals surface area contributed by atoms with E-state index in [9.17, 15) is 0 Å². The summed E-state index contributed by atoms with van der Waals surface area (Å²) < 4.78 is 6.00. The van der Waals surface area contributed by atoms with E-state index in [1.54, 1.807) is 0 Å². The Morgan fingerprint density at radius 1 is 1.35 bits per heavy atom. The summed E-state index contributed by atoms with van der Waals surface area (Å²) in [4.78, 5) is 0. The molecule has 1 fully saturated rings. The molecule has 20 heavy (non-hydrogen) atoms. The molecule has 2 aliphatic rings. The van der Waals surface area contributed by atoms with Crippen molar-refractivity contribution >= 4 is 11.6 Å². The second kappa shape index (κ2) is 5.57. The van der Waals surface area contributed by atoms with Crippen LogP contribution in [0.3, 0.4) is 0 Å². The Kier molecular flexibility index (Phi) is 3.96. The average molecular weight is 294 g/mol. The molecule has 3 heteroatoms. The van der Waals surface area contributed by atoms with E-state index in [0.29, 0.717) is 11.5 Å². The minimum atomic E-state index is 0.251. The molecule has 0 aromatic heterocycles. The molecule has 0 bridgehead atoms. The third-order valence-corrected chi connectivity index (χ3v) is 5.10. The number of ether oxygens (including phenoxy) is 1. The fraction of sp³-hybridized carbons (Fsp3) is 0.647. The van der Waals surface area contributed by atoms with Crippen LogP contribution in [-0.2, 0) is 6.42 Å². The number of fused-ring (bicyclic) bond motifs is 1. The van der Waals surface area contributed by atoms with Crippen LogP contribution in [0, 0.1) is 5.41 Å².